The van der Waals surface area contributed by atoms with Gasteiger partial charge in [-0.25, -0.2) is 10.4 Å². The summed E-state index contributed by atoms with van der Waals surface area (Å²) in [5, 5.41) is 4.07. The fourth-order valence-corrected chi connectivity index (χ4v) is 1.81. The van der Waals surface area contributed by atoms with E-state index in [1.54, 1.807) is 18.3 Å². The van der Waals surface area contributed by atoms with Crippen LogP contribution >= 0.6 is 11.6 Å². The van der Waals surface area contributed by atoms with Crippen molar-refractivity contribution in [1.82, 2.24) is 15.0 Å². The Kier molecular flexibility index (Phi) is 4.53. The highest BCUT2D eigenvalue weighted by molar-refractivity contribution is 6.32. The molecular weight excluding hydrogens is 276 g/mol. The third-order valence-electron chi connectivity index (χ3n) is 2.72. The van der Waals surface area contributed by atoms with Gasteiger partial charge in [0.25, 0.3) is 5.91 Å². The molecule has 0 aliphatic carbocycles. The Labute approximate surface area is 122 Å². The first-order chi connectivity index (χ1) is 9.58. The number of nitrogens with one attached hydrogen (secondary N) is 1. The molecule has 20 heavy (non-hydrogen) atoms. The van der Waals surface area contributed by atoms with Crippen molar-refractivity contribution in [2.75, 3.05) is 0 Å². The van der Waals surface area contributed by atoms with Gasteiger partial charge in [0, 0.05) is 30.2 Å². The van der Waals surface area contributed by atoms with Crippen LogP contribution < -0.4 is 5.43 Å². The molecule has 1 amide bonds. The Balaban J connectivity index is 1.99. The molecule has 2 heterocycles. The average Bonchev–Trinajstić information content (AvgIpc) is 2.88. The maximum Gasteiger partial charge on any atom is 0.274 e. The van der Waals surface area contributed by atoms with Crippen LogP contribution in [0.2, 0.25) is 5.15 Å². The van der Waals surface area contributed by atoms with Gasteiger partial charge in [0.1, 0.15) is 5.15 Å². The molecule has 5 nitrogen and oxygen atoms in total. The minimum absolute atomic E-state index is 0.158. The predicted molar refractivity (Wildman–Crippen MR) is 79.1 cm³/mol. The minimum atomic E-state index is -0.386. The Morgan fingerprint density at radius 1 is 1.50 bits per heavy atom. The molecule has 0 unspecified atom stereocenters. The summed E-state index contributed by atoms with van der Waals surface area (Å²) in [6.45, 7) is 4.18. The minimum Gasteiger partial charge on any atom is -0.351 e. The highest BCUT2D eigenvalue weighted by Gasteiger charge is 2.09. The molecule has 0 aromatic carbocycles. The van der Waals surface area contributed by atoms with Gasteiger partial charge in [0.15, 0.2) is 0 Å². The van der Waals surface area contributed by atoms with E-state index in [4.69, 9.17) is 11.6 Å². The van der Waals surface area contributed by atoms with Gasteiger partial charge in [-0.2, -0.15) is 5.10 Å². The lowest BCUT2D eigenvalue weighted by Gasteiger charge is -2.04. The van der Waals surface area contributed by atoms with Gasteiger partial charge in [-0.15, -0.1) is 0 Å². The van der Waals surface area contributed by atoms with Crippen molar-refractivity contribution in [1.29, 1.82) is 0 Å². The molecule has 0 saturated heterocycles. The fourth-order valence-electron chi connectivity index (χ4n) is 1.61. The van der Waals surface area contributed by atoms with E-state index in [1.807, 2.05) is 18.5 Å². The van der Waals surface area contributed by atoms with Crippen molar-refractivity contribution >= 4 is 23.7 Å². The molecule has 2 rings (SSSR count). The van der Waals surface area contributed by atoms with Crippen LogP contribution in [-0.4, -0.2) is 21.7 Å². The first-order valence-corrected chi connectivity index (χ1v) is 6.57. The molecule has 0 aliphatic rings. The molecule has 104 valence electrons. The zero-order valence-corrected chi connectivity index (χ0v) is 12.0. The number of amides is 1. The average molecular weight is 291 g/mol. The molecule has 0 radical (unpaired) electrons. The van der Waals surface area contributed by atoms with Crippen LogP contribution in [0.4, 0.5) is 0 Å². The number of hydrogen-bond acceptors (Lipinski definition) is 3. The van der Waals surface area contributed by atoms with E-state index >= 15 is 0 Å². The fraction of sp³-hybridized carbons (Fsp3) is 0.214. The Bertz CT molecular complexity index is 634. The highest BCUT2D eigenvalue weighted by atomic mass is 35.5. The van der Waals surface area contributed by atoms with Crippen molar-refractivity contribution < 1.29 is 4.79 Å². The summed E-state index contributed by atoms with van der Waals surface area (Å²) in [6, 6.07) is 5.55. The molecule has 0 fully saturated rings. The summed E-state index contributed by atoms with van der Waals surface area (Å²) in [5.74, 6) is -0.386. The Hall–Kier alpha value is -2.14. The molecule has 0 aliphatic heterocycles. The quantitative estimate of drug-likeness (QED) is 0.535. The number of carbonyl (C=O) groups excluding carboxylic acids is 1. The number of aromatic nitrogens is 2. The van der Waals surface area contributed by atoms with E-state index < -0.39 is 0 Å². The molecule has 2 aromatic heterocycles. The summed E-state index contributed by atoms with van der Waals surface area (Å²) >= 11 is 5.83. The van der Waals surface area contributed by atoms with Crippen LogP contribution in [0.1, 0.15) is 35.8 Å². The number of nitrogens with zero attached hydrogens (tertiary/aromatic N) is 3. The van der Waals surface area contributed by atoms with Crippen LogP contribution in [0.5, 0.6) is 0 Å². The maximum absolute atomic E-state index is 11.8. The van der Waals surface area contributed by atoms with Crippen LogP contribution in [-0.2, 0) is 0 Å². The predicted octanol–water partition coefficient (Wildman–Crippen LogP) is 2.88. The van der Waals surface area contributed by atoms with E-state index in [0.29, 0.717) is 11.6 Å². The zero-order valence-electron chi connectivity index (χ0n) is 11.2. The highest BCUT2D eigenvalue weighted by Crippen LogP contribution is 2.11. The second-order valence-electron chi connectivity index (χ2n) is 4.53. The van der Waals surface area contributed by atoms with E-state index in [0.717, 1.165) is 5.56 Å². The number of hydrogen-bond donors (Lipinski definition) is 1. The SMILES string of the molecule is CC(C)n1ccc(/C=N\NC(=O)c2cccnc2Cl)c1. The summed E-state index contributed by atoms with van der Waals surface area (Å²) in [4.78, 5) is 15.7. The molecule has 0 spiro atoms. The number of carbonyl (C=O) groups is 1. The topological polar surface area (TPSA) is 59.3 Å². The van der Waals surface area contributed by atoms with Crippen molar-refractivity contribution in [3.05, 3.63) is 53.1 Å². The monoisotopic (exact) mass is 290 g/mol. The number of hydrazone groups is 1. The third kappa shape index (κ3) is 3.45. The standard InChI is InChI=1S/C14H15ClN4O/c1-10(2)19-7-5-11(9-19)8-17-18-14(20)12-4-3-6-16-13(12)15/h3-10H,1-2H3,(H,18,20)/b17-8-. The Morgan fingerprint density at radius 3 is 2.95 bits per heavy atom. The number of halogens is 1. The van der Waals surface area contributed by atoms with Gasteiger partial charge < -0.3 is 4.57 Å². The van der Waals surface area contributed by atoms with E-state index in [9.17, 15) is 4.79 Å². The summed E-state index contributed by atoms with van der Waals surface area (Å²) in [7, 11) is 0. The molecule has 0 saturated carbocycles. The van der Waals surface area contributed by atoms with E-state index in [1.165, 1.54) is 6.20 Å². The summed E-state index contributed by atoms with van der Waals surface area (Å²) in [5.41, 5.74) is 3.63. The van der Waals surface area contributed by atoms with Crippen molar-refractivity contribution in [2.45, 2.75) is 19.9 Å². The van der Waals surface area contributed by atoms with Gasteiger partial charge in [-0.1, -0.05) is 11.6 Å². The van der Waals surface area contributed by atoms with Gasteiger partial charge in [-0.3, -0.25) is 4.79 Å². The van der Waals surface area contributed by atoms with Crippen LogP contribution in [0.15, 0.2) is 41.9 Å². The van der Waals surface area contributed by atoms with Crippen LogP contribution in [0, 0.1) is 0 Å². The first-order valence-electron chi connectivity index (χ1n) is 6.19. The lowest BCUT2D eigenvalue weighted by Crippen LogP contribution is -2.18. The second-order valence-corrected chi connectivity index (χ2v) is 4.88. The summed E-state index contributed by atoms with van der Waals surface area (Å²) < 4.78 is 2.06. The van der Waals surface area contributed by atoms with Crippen molar-refractivity contribution in [3.8, 4) is 0 Å². The lowest BCUT2D eigenvalue weighted by molar-refractivity contribution is 0.0955. The number of pyridine rings is 1. The largest absolute Gasteiger partial charge is 0.351 e. The lowest BCUT2D eigenvalue weighted by atomic mass is 10.3. The molecule has 0 bridgehead atoms. The first kappa shape index (κ1) is 14.3. The zero-order chi connectivity index (χ0) is 14.5. The molecule has 1 N–H and O–H groups in total. The van der Waals surface area contributed by atoms with Crippen LogP contribution in [0.25, 0.3) is 0 Å². The van der Waals surface area contributed by atoms with E-state index in [2.05, 4.69) is 33.9 Å². The third-order valence-corrected chi connectivity index (χ3v) is 3.02. The Morgan fingerprint density at radius 2 is 2.30 bits per heavy atom. The normalized spacial score (nSPS) is 11.2. The molecule has 6 heteroatoms. The van der Waals surface area contributed by atoms with Gasteiger partial charge in [-0.05, 0) is 32.0 Å². The maximum atomic E-state index is 11.8. The second kappa shape index (κ2) is 6.34. The number of rotatable bonds is 4. The van der Waals surface area contributed by atoms with Gasteiger partial charge in [0.05, 0.1) is 11.8 Å². The van der Waals surface area contributed by atoms with E-state index in [-0.39, 0.29) is 11.1 Å². The molecule has 0 atom stereocenters. The van der Waals surface area contributed by atoms with Crippen molar-refractivity contribution in [3.63, 3.8) is 0 Å². The van der Waals surface area contributed by atoms with Crippen LogP contribution in [0.3, 0.4) is 0 Å². The smallest absolute Gasteiger partial charge is 0.274 e. The van der Waals surface area contributed by atoms with Gasteiger partial charge in [0.2, 0.25) is 0 Å². The molecule has 2 aromatic rings. The van der Waals surface area contributed by atoms with Gasteiger partial charge >= 0.3 is 0 Å². The van der Waals surface area contributed by atoms with Crippen molar-refractivity contribution in [2.24, 2.45) is 5.10 Å². The molecular formula is C14H15ClN4O. The summed E-state index contributed by atoms with van der Waals surface area (Å²) in [6.07, 6.45) is 7.03.